The lowest BCUT2D eigenvalue weighted by Gasteiger charge is -2.26. The Kier molecular flexibility index (Phi) is 4.36. The zero-order chi connectivity index (χ0) is 19.1. The lowest BCUT2D eigenvalue weighted by Crippen LogP contribution is -2.28. The zero-order valence-electron chi connectivity index (χ0n) is 15.9. The summed E-state index contributed by atoms with van der Waals surface area (Å²) in [5.74, 6) is 0.864. The Morgan fingerprint density at radius 1 is 1.11 bits per heavy atom. The topological polar surface area (TPSA) is 42.6 Å². The van der Waals surface area contributed by atoms with E-state index in [1.54, 1.807) is 7.11 Å². The van der Waals surface area contributed by atoms with Crippen molar-refractivity contribution < 1.29 is 4.74 Å². The molecule has 5 nitrogen and oxygen atoms in total. The summed E-state index contributed by atoms with van der Waals surface area (Å²) in [5.41, 5.74) is 3.41. The molecule has 0 spiro atoms. The van der Waals surface area contributed by atoms with Crippen LogP contribution in [0.2, 0.25) is 0 Å². The van der Waals surface area contributed by atoms with Gasteiger partial charge >= 0.3 is 0 Å². The Balaban J connectivity index is 1.50. The summed E-state index contributed by atoms with van der Waals surface area (Å²) in [5, 5.41) is 1.71. The summed E-state index contributed by atoms with van der Waals surface area (Å²) < 4.78 is 7.43. The number of hydrogen-bond donors (Lipinski definition) is 0. The van der Waals surface area contributed by atoms with Crippen LogP contribution in [-0.4, -0.2) is 38.5 Å². The molecule has 0 N–H and O–H groups in total. The van der Waals surface area contributed by atoms with Crippen LogP contribution < -0.4 is 4.74 Å². The molecule has 1 aromatic carbocycles. The minimum atomic E-state index is 0.0305. The number of hydrogen-bond acceptors (Lipinski definition) is 5. The summed E-state index contributed by atoms with van der Waals surface area (Å²) in [4.78, 5) is 12.1. The van der Waals surface area contributed by atoms with Crippen LogP contribution in [0.5, 0.6) is 5.75 Å². The van der Waals surface area contributed by atoms with Crippen LogP contribution in [0.4, 0.5) is 0 Å². The van der Waals surface area contributed by atoms with Crippen molar-refractivity contribution in [3.05, 3.63) is 78.4 Å². The van der Waals surface area contributed by atoms with E-state index in [2.05, 4.69) is 58.0 Å². The fraction of sp³-hybridized carbons (Fsp3) is 0.273. The Labute approximate surface area is 169 Å². The highest BCUT2D eigenvalue weighted by atomic mass is 32.2. The average molecular weight is 391 g/mol. The molecule has 1 saturated heterocycles. The van der Waals surface area contributed by atoms with Crippen LogP contribution in [0.3, 0.4) is 0 Å². The SMILES string of the molecule is COc1ccc(-n2ccc([C@H]3[C@H](c4ccccn4)N=C4S[C@@H](C)CN43)c2)cc1. The summed E-state index contributed by atoms with van der Waals surface area (Å²) in [6.45, 7) is 3.28. The van der Waals surface area contributed by atoms with Gasteiger partial charge in [0.25, 0.3) is 0 Å². The quantitative estimate of drug-likeness (QED) is 0.659. The molecule has 142 valence electrons. The number of aromatic nitrogens is 2. The lowest BCUT2D eigenvalue weighted by molar-refractivity contribution is 0.321. The molecule has 0 unspecified atom stereocenters. The number of fused-ring (bicyclic) bond motifs is 1. The largest absolute Gasteiger partial charge is 0.497 e. The first-order valence-electron chi connectivity index (χ1n) is 9.47. The Morgan fingerprint density at radius 3 is 2.71 bits per heavy atom. The van der Waals surface area contributed by atoms with Crippen molar-refractivity contribution in [3.8, 4) is 11.4 Å². The second-order valence-electron chi connectivity index (χ2n) is 7.19. The van der Waals surface area contributed by atoms with Gasteiger partial charge in [0, 0.05) is 36.1 Å². The van der Waals surface area contributed by atoms with Crippen molar-refractivity contribution in [1.29, 1.82) is 0 Å². The third-order valence-corrected chi connectivity index (χ3v) is 6.41. The van der Waals surface area contributed by atoms with E-state index in [-0.39, 0.29) is 12.1 Å². The van der Waals surface area contributed by atoms with Crippen molar-refractivity contribution in [3.63, 3.8) is 0 Å². The van der Waals surface area contributed by atoms with E-state index in [1.165, 1.54) is 5.56 Å². The first-order valence-corrected chi connectivity index (χ1v) is 10.4. The number of amidine groups is 1. The monoisotopic (exact) mass is 390 g/mol. The number of methoxy groups -OCH3 is 1. The third-order valence-electron chi connectivity index (χ3n) is 5.31. The summed E-state index contributed by atoms with van der Waals surface area (Å²) in [6.07, 6.45) is 6.19. The molecule has 5 rings (SSSR count). The highest BCUT2D eigenvalue weighted by Crippen LogP contribution is 2.47. The normalized spacial score (nSPS) is 23.6. The van der Waals surface area contributed by atoms with Gasteiger partial charge in [-0.25, -0.2) is 0 Å². The summed E-state index contributed by atoms with van der Waals surface area (Å²) in [6, 6.07) is 16.6. The molecule has 0 aliphatic carbocycles. The van der Waals surface area contributed by atoms with Crippen molar-refractivity contribution in [1.82, 2.24) is 14.5 Å². The number of nitrogens with zero attached hydrogens (tertiary/aromatic N) is 4. The number of benzene rings is 1. The van der Waals surface area contributed by atoms with Crippen molar-refractivity contribution in [2.75, 3.05) is 13.7 Å². The van der Waals surface area contributed by atoms with E-state index in [9.17, 15) is 0 Å². The number of rotatable bonds is 4. The molecule has 4 heterocycles. The minimum absolute atomic E-state index is 0.0305. The highest BCUT2D eigenvalue weighted by molar-refractivity contribution is 8.14. The molecule has 3 atom stereocenters. The molecule has 28 heavy (non-hydrogen) atoms. The molecule has 3 aromatic rings. The fourth-order valence-electron chi connectivity index (χ4n) is 3.98. The Morgan fingerprint density at radius 2 is 1.96 bits per heavy atom. The molecule has 2 aliphatic rings. The van der Waals surface area contributed by atoms with Crippen molar-refractivity contribution >= 4 is 16.9 Å². The van der Waals surface area contributed by atoms with Gasteiger partial charge in [-0.3, -0.25) is 9.98 Å². The number of pyridine rings is 1. The predicted octanol–water partition coefficient (Wildman–Crippen LogP) is 4.47. The van der Waals surface area contributed by atoms with Crippen molar-refractivity contribution in [2.24, 2.45) is 4.99 Å². The third kappa shape index (κ3) is 2.98. The number of ether oxygens (including phenoxy) is 1. The van der Waals surface area contributed by atoms with Crippen molar-refractivity contribution in [2.45, 2.75) is 24.3 Å². The standard InChI is InChI=1S/C22H22N4OS/c1-15-13-26-21(20(24-22(26)28-15)19-5-3-4-11-23-19)16-10-12-25(14-16)17-6-8-18(27-2)9-7-17/h3-12,14-15,20-21H,13H2,1-2H3/t15-,20-,21-/m0/s1. The molecular formula is C22H22N4OS. The second-order valence-corrected chi connectivity index (χ2v) is 8.59. The Bertz CT molecular complexity index is 999. The van der Waals surface area contributed by atoms with Gasteiger partial charge < -0.3 is 14.2 Å². The van der Waals surface area contributed by atoms with Gasteiger partial charge in [-0.15, -0.1) is 0 Å². The maximum Gasteiger partial charge on any atom is 0.160 e. The van der Waals surface area contributed by atoms with Crippen LogP contribution in [0, 0.1) is 0 Å². The first kappa shape index (κ1) is 17.4. The average Bonchev–Trinajstić information content (AvgIpc) is 3.43. The van der Waals surface area contributed by atoms with Gasteiger partial charge in [-0.1, -0.05) is 24.8 Å². The molecule has 1 fully saturated rings. The highest BCUT2D eigenvalue weighted by Gasteiger charge is 2.43. The van der Waals surface area contributed by atoms with Gasteiger partial charge in [0.05, 0.1) is 18.8 Å². The minimum Gasteiger partial charge on any atom is -0.497 e. The molecule has 0 bridgehead atoms. The van der Waals surface area contributed by atoms with E-state index >= 15 is 0 Å². The van der Waals surface area contributed by atoms with Gasteiger partial charge in [-0.2, -0.15) is 0 Å². The molecule has 0 saturated carbocycles. The van der Waals surface area contributed by atoms with Gasteiger partial charge in [0.2, 0.25) is 0 Å². The molecule has 0 amide bonds. The van der Waals surface area contributed by atoms with E-state index in [1.807, 2.05) is 42.2 Å². The Hall–Kier alpha value is -2.73. The van der Waals surface area contributed by atoms with Gasteiger partial charge in [-0.05, 0) is 48.0 Å². The van der Waals surface area contributed by atoms with Gasteiger partial charge in [0.15, 0.2) is 5.17 Å². The number of aliphatic imine (C=N–C) groups is 1. The smallest absolute Gasteiger partial charge is 0.160 e. The van der Waals surface area contributed by atoms with Gasteiger partial charge in [0.1, 0.15) is 11.8 Å². The van der Waals surface area contributed by atoms with Crippen LogP contribution in [-0.2, 0) is 0 Å². The molecule has 6 heteroatoms. The van der Waals surface area contributed by atoms with Crippen LogP contribution in [0.15, 0.2) is 72.1 Å². The fourth-order valence-corrected chi connectivity index (χ4v) is 5.07. The van der Waals surface area contributed by atoms with Crippen LogP contribution in [0.1, 0.15) is 30.3 Å². The summed E-state index contributed by atoms with van der Waals surface area (Å²) in [7, 11) is 1.69. The van der Waals surface area contributed by atoms with Crippen LogP contribution >= 0.6 is 11.8 Å². The first-order chi connectivity index (χ1) is 13.7. The number of thioether (sulfide) groups is 1. The second kappa shape index (κ2) is 7.02. The van der Waals surface area contributed by atoms with E-state index < -0.39 is 0 Å². The summed E-state index contributed by atoms with van der Waals surface area (Å²) >= 11 is 1.87. The maximum absolute atomic E-state index is 5.27. The predicted molar refractivity (Wildman–Crippen MR) is 113 cm³/mol. The maximum atomic E-state index is 5.27. The molecular weight excluding hydrogens is 368 g/mol. The zero-order valence-corrected chi connectivity index (χ0v) is 16.7. The van der Waals surface area contributed by atoms with E-state index in [0.29, 0.717) is 5.25 Å². The lowest BCUT2D eigenvalue weighted by atomic mass is 9.99. The van der Waals surface area contributed by atoms with E-state index in [4.69, 9.17) is 9.73 Å². The molecule has 2 aromatic heterocycles. The molecule has 2 aliphatic heterocycles. The van der Waals surface area contributed by atoms with E-state index in [0.717, 1.165) is 28.8 Å². The van der Waals surface area contributed by atoms with Crippen LogP contribution in [0.25, 0.3) is 5.69 Å². The molecule has 0 radical (unpaired) electrons.